The zero-order chi connectivity index (χ0) is 13.9. The van der Waals surface area contributed by atoms with Gasteiger partial charge in [0.15, 0.2) is 0 Å². The zero-order valence-corrected chi connectivity index (χ0v) is 11.7. The number of carbonyl (C=O) groups is 1. The maximum atomic E-state index is 12.3. The molecule has 0 aromatic carbocycles. The highest BCUT2D eigenvalue weighted by Crippen LogP contribution is 2.24. The van der Waals surface area contributed by atoms with E-state index in [4.69, 9.17) is 5.14 Å². The average Bonchev–Trinajstić information content (AvgIpc) is 2.89. The molecule has 2 aliphatic rings. The average molecular weight is 287 g/mol. The van der Waals surface area contributed by atoms with Gasteiger partial charge in [0.25, 0.3) is 10.2 Å². The van der Waals surface area contributed by atoms with Crippen LogP contribution in [0.3, 0.4) is 0 Å². The van der Waals surface area contributed by atoms with Gasteiger partial charge in [-0.25, -0.2) is 9.86 Å². The first kappa shape index (κ1) is 14.5. The van der Waals surface area contributed by atoms with Gasteiger partial charge >= 0.3 is 0 Å². The molecule has 1 heterocycles. The molecule has 1 atom stereocenters. The van der Waals surface area contributed by atoms with Crippen molar-refractivity contribution in [2.75, 3.05) is 19.6 Å². The number of nitrogens with one attached hydrogen (secondary N) is 1. The Kier molecular flexibility index (Phi) is 4.59. The minimum atomic E-state index is -3.64. The van der Waals surface area contributed by atoms with Crippen LogP contribution < -0.4 is 9.86 Å². The van der Waals surface area contributed by atoms with Crippen molar-refractivity contribution in [2.24, 2.45) is 17.0 Å². The number of amides is 1. The second-order valence-corrected chi connectivity index (χ2v) is 6.70. The van der Waals surface area contributed by atoms with Gasteiger partial charge in [0.2, 0.25) is 5.91 Å². The number of rotatable bonds is 4. The van der Waals surface area contributed by atoms with Gasteiger partial charge in [0.1, 0.15) is 0 Å². The molecular weight excluding hydrogens is 266 g/mol. The van der Waals surface area contributed by atoms with Gasteiger partial charge in [0.05, 0.1) is 0 Å². The SMILES string of the molecule is NS(=O)(=O)NCC1CCCN(C(=O)C2CC=CC2)C1. The van der Waals surface area contributed by atoms with E-state index in [1.54, 1.807) is 0 Å². The molecule has 6 nitrogen and oxygen atoms in total. The Morgan fingerprint density at radius 2 is 2.05 bits per heavy atom. The molecule has 2 rings (SSSR count). The first-order valence-electron chi connectivity index (χ1n) is 6.67. The predicted molar refractivity (Wildman–Crippen MR) is 72.3 cm³/mol. The van der Waals surface area contributed by atoms with Crippen LogP contribution >= 0.6 is 0 Å². The van der Waals surface area contributed by atoms with Crippen LogP contribution in [0.4, 0.5) is 0 Å². The van der Waals surface area contributed by atoms with Crippen molar-refractivity contribution < 1.29 is 13.2 Å². The van der Waals surface area contributed by atoms with Crippen molar-refractivity contribution in [1.82, 2.24) is 9.62 Å². The molecule has 0 bridgehead atoms. The highest BCUT2D eigenvalue weighted by Gasteiger charge is 2.29. The van der Waals surface area contributed by atoms with Crippen LogP contribution in [-0.2, 0) is 15.0 Å². The standard InChI is InChI=1S/C12H21N3O3S/c13-19(17,18)14-8-10-4-3-7-15(9-10)12(16)11-5-1-2-6-11/h1-2,10-11,14H,3-9H2,(H2,13,17,18). The summed E-state index contributed by atoms with van der Waals surface area (Å²) in [6, 6.07) is 0. The monoisotopic (exact) mass is 287 g/mol. The molecule has 0 aromatic rings. The van der Waals surface area contributed by atoms with Crippen LogP contribution in [0.2, 0.25) is 0 Å². The van der Waals surface area contributed by atoms with Crippen molar-refractivity contribution in [3.05, 3.63) is 12.2 Å². The smallest absolute Gasteiger partial charge is 0.274 e. The lowest BCUT2D eigenvalue weighted by Crippen LogP contribution is -2.46. The van der Waals surface area contributed by atoms with Crippen molar-refractivity contribution >= 4 is 16.1 Å². The van der Waals surface area contributed by atoms with Crippen LogP contribution in [0.25, 0.3) is 0 Å². The maximum absolute atomic E-state index is 12.3. The molecule has 0 saturated carbocycles. The van der Waals surface area contributed by atoms with Crippen molar-refractivity contribution in [2.45, 2.75) is 25.7 Å². The lowest BCUT2D eigenvalue weighted by Gasteiger charge is -2.34. The van der Waals surface area contributed by atoms with Crippen LogP contribution in [0.1, 0.15) is 25.7 Å². The zero-order valence-electron chi connectivity index (χ0n) is 10.9. The maximum Gasteiger partial charge on any atom is 0.274 e. The third kappa shape index (κ3) is 4.29. The molecule has 1 aliphatic heterocycles. The topological polar surface area (TPSA) is 92.5 Å². The number of hydrogen-bond acceptors (Lipinski definition) is 3. The quantitative estimate of drug-likeness (QED) is 0.712. The Balaban J connectivity index is 1.84. The summed E-state index contributed by atoms with van der Waals surface area (Å²) in [5.74, 6) is 0.445. The number of likely N-dealkylation sites (tertiary alicyclic amines) is 1. The number of nitrogens with zero attached hydrogens (tertiary/aromatic N) is 1. The number of piperidine rings is 1. The van der Waals surface area contributed by atoms with E-state index in [0.717, 1.165) is 32.2 Å². The van der Waals surface area contributed by atoms with Gasteiger partial charge in [0, 0.05) is 25.6 Å². The normalized spacial score (nSPS) is 24.9. The van der Waals surface area contributed by atoms with E-state index in [-0.39, 0.29) is 17.7 Å². The number of carbonyl (C=O) groups excluding carboxylic acids is 1. The lowest BCUT2D eigenvalue weighted by atomic mass is 9.96. The third-order valence-corrected chi connectivity index (χ3v) is 4.33. The number of allylic oxidation sites excluding steroid dienone is 2. The van der Waals surface area contributed by atoms with Gasteiger partial charge in [-0.05, 0) is 31.6 Å². The van der Waals surface area contributed by atoms with E-state index >= 15 is 0 Å². The van der Waals surface area contributed by atoms with Gasteiger partial charge < -0.3 is 4.90 Å². The molecule has 19 heavy (non-hydrogen) atoms. The molecule has 0 radical (unpaired) electrons. The van der Waals surface area contributed by atoms with Gasteiger partial charge in [-0.2, -0.15) is 8.42 Å². The Morgan fingerprint density at radius 1 is 1.37 bits per heavy atom. The Hall–Kier alpha value is -0.920. The first-order chi connectivity index (χ1) is 8.96. The van der Waals surface area contributed by atoms with E-state index < -0.39 is 10.2 Å². The molecule has 1 unspecified atom stereocenters. The molecule has 1 fully saturated rings. The molecule has 1 saturated heterocycles. The second kappa shape index (κ2) is 6.02. The summed E-state index contributed by atoms with van der Waals surface area (Å²) in [4.78, 5) is 14.1. The molecule has 1 aliphatic carbocycles. The fourth-order valence-electron chi connectivity index (χ4n) is 2.74. The Labute approximate surface area is 114 Å². The molecule has 1 amide bonds. The molecule has 3 N–H and O–H groups in total. The highest BCUT2D eigenvalue weighted by atomic mass is 32.2. The van der Waals surface area contributed by atoms with Crippen LogP contribution in [0, 0.1) is 11.8 Å². The summed E-state index contributed by atoms with van der Waals surface area (Å²) in [5.41, 5.74) is 0. The summed E-state index contributed by atoms with van der Waals surface area (Å²) in [7, 11) is -3.64. The highest BCUT2D eigenvalue weighted by molar-refractivity contribution is 7.87. The first-order valence-corrected chi connectivity index (χ1v) is 8.21. The van der Waals surface area contributed by atoms with Crippen molar-refractivity contribution in [1.29, 1.82) is 0 Å². The van der Waals surface area contributed by atoms with E-state index in [0.29, 0.717) is 13.1 Å². The van der Waals surface area contributed by atoms with E-state index in [1.807, 2.05) is 17.1 Å². The molecular formula is C12H21N3O3S. The Morgan fingerprint density at radius 3 is 2.68 bits per heavy atom. The van der Waals surface area contributed by atoms with E-state index in [2.05, 4.69) is 4.72 Å². The van der Waals surface area contributed by atoms with Crippen molar-refractivity contribution in [3.63, 3.8) is 0 Å². The molecule has 0 aromatic heterocycles. The van der Waals surface area contributed by atoms with Crippen LogP contribution in [0.5, 0.6) is 0 Å². The molecule has 0 spiro atoms. The fourth-order valence-corrected chi connectivity index (χ4v) is 3.21. The van der Waals surface area contributed by atoms with Crippen molar-refractivity contribution in [3.8, 4) is 0 Å². The molecule has 108 valence electrons. The molecule has 7 heteroatoms. The largest absolute Gasteiger partial charge is 0.342 e. The van der Waals surface area contributed by atoms with E-state index in [9.17, 15) is 13.2 Å². The number of hydrogen-bond donors (Lipinski definition) is 2. The third-order valence-electron chi connectivity index (χ3n) is 3.76. The summed E-state index contributed by atoms with van der Waals surface area (Å²) >= 11 is 0. The van der Waals surface area contributed by atoms with Crippen LogP contribution in [0.15, 0.2) is 12.2 Å². The minimum Gasteiger partial charge on any atom is -0.342 e. The fraction of sp³-hybridized carbons (Fsp3) is 0.750. The summed E-state index contributed by atoms with van der Waals surface area (Å²) in [5, 5.41) is 4.92. The Bertz CT molecular complexity index is 453. The van der Waals surface area contributed by atoms with Crippen LogP contribution in [-0.4, -0.2) is 38.9 Å². The lowest BCUT2D eigenvalue weighted by molar-refractivity contribution is -0.136. The van der Waals surface area contributed by atoms with Gasteiger partial charge in [-0.3, -0.25) is 4.79 Å². The number of nitrogens with two attached hydrogens (primary N) is 1. The second-order valence-electron chi connectivity index (χ2n) is 5.33. The van der Waals surface area contributed by atoms with E-state index in [1.165, 1.54) is 0 Å². The summed E-state index contributed by atoms with van der Waals surface area (Å²) in [6.07, 6.45) is 7.60. The summed E-state index contributed by atoms with van der Waals surface area (Å²) < 4.78 is 24.1. The predicted octanol–water partition coefficient (Wildman–Crippen LogP) is -0.0157. The summed E-state index contributed by atoms with van der Waals surface area (Å²) in [6.45, 7) is 1.71. The van der Waals surface area contributed by atoms with Gasteiger partial charge in [-0.15, -0.1) is 0 Å². The van der Waals surface area contributed by atoms with Gasteiger partial charge in [-0.1, -0.05) is 12.2 Å². The minimum absolute atomic E-state index is 0.0879.